The topological polar surface area (TPSA) is 46.9 Å². The number of likely N-dealkylation sites (tertiary alicyclic amines) is 1. The Morgan fingerprint density at radius 3 is 1.94 bits per heavy atom. The molecule has 0 aliphatic carbocycles. The van der Waals surface area contributed by atoms with Crippen LogP contribution < -0.4 is 5.11 Å². The molecule has 2 atom stereocenters. The second-order valence-electron chi connectivity index (χ2n) is 9.90. The van der Waals surface area contributed by atoms with Gasteiger partial charge in [0.2, 0.25) is 0 Å². The van der Waals surface area contributed by atoms with Gasteiger partial charge in [-0.25, -0.2) is 0 Å². The van der Waals surface area contributed by atoms with Crippen molar-refractivity contribution in [3.8, 4) is 0 Å². The van der Waals surface area contributed by atoms with E-state index in [9.17, 15) is 5.11 Å². The summed E-state index contributed by atoms with van der Waals surface area (Å²) >= 11 is 0. The first-order valence-corrected chi connectivity index (χ1v) is 12.3. The molecule has 33 heavy (non-hydrogen) atoms. The van der Waals surface area contributed by atoms with Crippen molar-refractivity contribution in [2.45, 2.75) is 37.5 Å². The highest BCUT2D eigenvalue weighted by Gasteiger charge is 2.49. The molecule has 1 heterocycles. The summed E-state index contributed by atoms with van der Waals surface area (Å²) in [5, 5.41) is 21.6. The molecule has 1 aliphatic heterocycles. The van der Waals surface area contributed by atoms with Gasteiger partial charge in [0.1, 0.15) is 0 Å². The van der Waals surface area contributed by atoms with E-state index in [0.29, 0.717) is 0 Å². The maximum absolute atomic E-state index is 13.2. The Kier molecular flexibility index (Phi) is 7.29. The molecule has 3 heteroatoms. The Morgan fingerprint density at radius 2 is 1.39 bits per heavy atom. The molecule has 4 rings (SSSR count). The molecule has 1 saturated heterocycles. The monoisotopic (exact) mass is 440 g/mol. The van der Waals surface area contributed by atoms with Crippen LogP contribution in [0.4, 0.5) is 0 Å². The van der Waals surface area contributed by atoms with Crippen LogP contribution in [-0.4, -0.2) is 37.1 Å². The van der Waals surface area contributed by atoms with Crippen LogP contribution in [0, 0.1) is 11.3 Å². The number of nitrogens with zero attached hydrogens (tertiary/aromatic N) is 1. The minimum Gasteiger partial charge on any atom is -0.861 e. The molecule has 1 aliphatic rings. The summed E-state index contributed by atoms with van der Waals surface area (Å²) in [4.78, 5) is 0. The van der Waals surface area contributed by atoms with Crippen LogP contribution in [0.1, 0.15) is 42.4 Å². The maximum atomic E-state index is 13.2. The molecule has 1 fully saturated rings. The van der Waals surface area contributed by atoms with Gasteiger partial charge in [-0.05, 0) is 48.3 Å². The molecule has 0 saturated carbocycles. The summed E-state index contributed by atoms with van der Waals surface area (Å²) in [6, 6.07) is 30.8. The normalized spacial score (nSPS) is 20.6. The highest BCUT2D eigenvalue weighted by molar-refractivity contribution is 5.87. The molecule has 3 aromatic rings. The fraction of sp³-hybridized carbons (Fsp3) is 0.367. The van der Waals surface area contributed by atoms with Crippen molar-refractivity contribution >= 4 is 5.90 Å². The van der Waals surface area contributed by atoms with Gasteiger partial charge in [0.25, 0.3) is 0 Å². The first-order chi connectivity index (χ1) is 16.0. The summed E-state index contributed by atoms with van der Waals surface area (Å²) in [5.74, 6) is -0.358. The summed E-state index contributed by atoms with van der Waals surface area (Å²) in [6.07, 6.45) is 5.76. The highest BCUT2D eigenvalue weighted by atomic mass is 16.3. The van der Waals surface area contributed by atoms with Gasteiger partial charge >= 0.3 is 0 Å². The number of hydrogen-bond donors (Lipinski definition) is 1. The highest BCUT2D eigenvalue weighted by Crippen LogP contribution is 2.45. The van der Waals surface area contributed by atoms with Crippen molar-refractivity contribution in [1.82, 2.24) is 0 Å². The fourth-order valence-electron chi connectivity index (χ4n) is 5.87. The third-order valence-corrected chi connectivity index (χ3v) is 7.61. The average molecular weight is 441 g/mol. The quantitative estimate of drug-likeness (QED) is 0.201. The molecule has 1 unspecified atom stereocenters. The van der Waals surface area contributed by atoms with Gasteiger partial charge in [0.05, 0.1) is 32.1 Å². The van der Waals surface area contributed by atoms with Crippen molar-refractivity contribution in [3.05, 3.63) is 108 Å². The molecular formula is C30H36N2O. The van der Waals surface area contributed by atoms with E-state index in [-0.39, 0.29) is 5.92 Å². The Balaban J connectivity index is 1.47. The van der Waals surface area contributed by atoms with E-state index >= 15 is 0 Å². The van der Waals surface area contributed by atoms with Crippen molar-refractivity contribution in [2.24, 2.45) is 5.92 Å². The zero-order valence-corrected chi connectivity index (χ0v) is 19.7. The number of benzene rings is 3. The Labute approximate surface area is 198 Å². The van der Waals surface area contributed by atoms with Gasteiger partial charge in [-0.15, -0.1) is 0 Å². The van der Waals surface area contributed by atoms with Crippen LogP contribution >= 0.6 is 0 Å². The van der Waals surface area contributed by atoms with Crippen molar-refractivity contribution < 1.29 is 9.59 Å². The summed E-state index contributed by atoms with van der Waals surface area (Å²) in [5.41, 5.74) is 2.44. The lowest BCUT2D eigenvalue weighted by atomic mass is 9.65. The minimum atomic E-state index is -0.897. The second kappa shape index (κ2) is 10.4. The van der Waals surface area contributed by atoms with Gasteiger partial charge in [-0.1, -0.05) is 91.0 Å². The summed E-state index contributed by atoms with van der Waals surface area (Å²) in [7, 11) is 2.34. The number of rotatable bonds is 10. The predicted octanol–water partition coefficient (Wildman–Crippen LogP) is 5.19. The van der Waals surface area contributed by atoms with Crippen LogP contribution in [0.3, 0.4) is 0 Å². The zero-order valence-electron chi connectivity index (χ0n) is 19.7. The van der Waals surface area contributed by atoms with E-state index in [4.69, 9.17) is 5.41 Å². The zero-order chi connectivity index (χ0) is 23.2. The van der Waals surface area contributed by atoms with Crippen molar-refractivity contribution in [1.29, 1.82) is 5.41 Å². The molecule has 0 spiro atoms. The molecule has 0 bridgehead atoms. The minimum absolute atomic E-state index is 0.126. The molecule has 3 aromatic carbocycles. The van der Waals surface area contributed by atoms with Gasteiger partial charge in [0.15, 0.2) is 0 Å². The third kappa shape index (κ3) is 5.04. The van der Waals surface area contributed by atoms with Gasteiger partial charge in [0, 0.05) is 12.3 Å². The SMILES string of the molecule is C[N@+]1(CCCCCc2ccccc2)CCC(C(C(=N)[O-])(c2ccccc2)c2ccccc2)C1. The van der Waals surface area contributed by atoms with E-state index in [1.807, 2.05) is 60.7 Å². The van der Waals surface area contributed by atoms with E-state index < -0.39 is 11.3 Å². The van der Waals surface area contributed by atoms with E-state index in [1.54, 1.807) is 0 Å². The maximum Gasteiger partial charge on any atom is 0.0830 e. The molecule has 0 aromatic heterocycles. The third-order valence-electron chi connectivity index (χ3n) is 7.61. The van der Waals surface area contributed by atoms with Gasteiger partial charge < -0.3 is 15.0 Å². The molecule has 3 nitrogen and oxygen atoms in total. The Bertz CT molecular complexity index is 979. The van der Waals surface area contributed by atoms with Crippen LogP contribution in [0.2, 0.25) is 0 Å². The van der Waals surface area contributed by atoms with Crippen LogP contribution in [0.15, 0.2) is 91.0 Å². The van der Waals surface area contributed by atoms with Crippen LogP contribution in [0.25, 0.3) is 0 Å². The van der Waals surface area contributed by atoms with Gasteiger partial charge in [-0.2, -0.15) is 0 Å². The van der Waals surface area contributed by atoms with E-state index in [2.05, 4.69) is 37.4 Å². The molecule has 172 valence electrons. The first-order valence-electron chi connectivity index (χ1n) is 12.3. The number of hydrogen-bond acceptors (Lipinski definition) is 2. The lowest BCUT2D eigenvalue weighted by molar-refractivity contribution is -0.899. The predicted molar refractivity (Wildman–Crippen MR) is 134 cm³/mol. The smallest absolute Gasteiger partial charge is 0.0830 e. The summed E-state index contributed by atoms with van der Waals surface area (Å²) < 4.78 is 0.991. The van der Waals surface area contributed by atoms with Crippen LogP contribution in [-0.2, 0) is 11.8 Å². The first kappa shape index (κ1) is 23.3. The van der Waals surface area contributed by atoms with E-state index in [0.717, 1.165) is 48.1 Å². The summed E-state index contributed by atoms with van der Waals surface area (Å²) in [6.45, 7) is 3.14. The fourth-order valence-corrected chi connectivity index (χ4v) is 5.87. The van der Waals surface area contributed by atoms with Gasteiger partial charge in [-0.3, -0.25) is 0 Å². The second-order valence-corrected chi connectivity index (χ2v) is 9.90. The number of aryl methyl sites for hydroxylation is 1. The average Bonchev–Trinajstić information content (AvgIpc) is 3.23. The number of quaternary nitrogens is 1. The lowest BCUT2D eigenvalue weighted by Gasteiger charge is -2.43. The number of nitrogens with one attached hydrogen (secondary N) is 1. The Hall–Kier alpha value is -2.91. The number of unbranched alkanes of at least 4 members (excludes halogenated alkanes) is 2. The standard InChI is InChI=1S/C30H36N2O/c1-32(22-13-5-8-16-25-14-6-2-7-15-25)23-21-28(24-32)30(29(31)33,26-17-9-3-10-18-26)27-19-11-4-12-20-27/h2-4,6-7,9-12,14-15,17-20,28H,5,8,13,16,21-24H2,1H3,(H-,31,33)/t28?,32-/m0/s1. The van der Waals surface area contributed by atoms with Crippen LogP contribution in [0.5, 0.6) is 0 Å². The Morgan fingerprint density at radius 1 is 0.848 bits per heavy atom. The van der Waals surface area contributed by atoms with E-state index in [1.165, 1.54) is 24.8 Å². The molecular weight excluding hydrogens is 404 g/mol. The molecule has 0 radical (unpaired) electrons. The molecule has 1 N–H and O–H groups in total. The largest absolute Gasteiger partial charge is 0.861 e. The molecule has 0 amide bonds. The van der Waals surface area contributed by atoms with Crippen molar-refractivity contribution in [3.63, 3.8) is 0 Å². The van der Waals surface area contributed by atoms with Crippen molar-refractivity contribution in [2.75, 3.05) is 26.7 Å². The lowest BCUT2D eigenvalue weighted by Crippen LogP contribution is -2.52.